The van der Waals surface area contributed by atoms with Crippen LogP contribution in [0.4, 0.5) is 0 Å². The van der Waals surface area contributed by atoms with E-state index in [-0.39, 0.29) is 5.91 Å². The van der Waals surface area contributed by atoms with Gasteiger partial charge in [-0.15, -0.1) is 10.2 Å². The fourth-order valence-corrected chi connectivity index (χ4v) is 4.37. The Morgan fingerprint density at radius 1 is 1.22 bits per heavy atom. The van der Waals surface area contributed by atoms with E-state index in [1.54, 1.807) is 0 Å². The summed E-state index contributed by atoms with van der Waals surface area (Å²) in [5.74, 6) is 2.18. The van der Waals surface area contributed by atoms with Crippen LogP contribution in [0.2, 0.25) is 5.02 Å². The summed E-state index contributed by atoms with van der Waals surface area (Å²) in [6.07, 6.45) is 9.00. The SMILES string of the molecule is Cn1c(CCC2CCCCC2)nnc1SCC(=O)NCc1ccc(Cl)cc1. The van der Waals surface area contributed by atoms with Crippen LogP contribution in [0.1, 0.15) is 49.9 Å². The van der Waals surface area contributed by atoms with E-state index in [4.69, 9.17) is 11.6 Å². The summed E-state index contributed by atoms with van der Waals surface area (Å²) in [6.45, 7) is 0.502. The first-order valence-electron chi connectivity index (χ1n) is 9.64. The molecule has 0 unspecified atom stereocenters. The number of benzene rings is 1. The molecule has 1 aliphatic carbocycles. The first-order chi connectivity index (χ1) is 13.1. The third-order valence-electron chi connectivity index (χ3n) is 5.16. The number of aryl methyl sites for hydroxylation is 1. The van der Waals surface area contributed by atoms with Crippen LogP contribution in [0.3, 0.4) is 0 Å². The number of amides is 1. The topological polar surface area (TPSA) is 59.8 Å². The van der Waals surface area contributed by atoms with Crippen molar-refractivity contribution >= 4 is 29.3 Å². The van der Waals surface area contributed by atoms with Gasteiger partial charge >= 0.3 is 0 Å². The molecule has 0 spiro atoms. The number of rotatable bonds is 8. The highest BCUT2D eigenvalue weighted by molar-refractivity contribution is 7.99. The maximum absolute atomic E-state index is 12.1. The van der Waals surface area contributed by atoms with E-state index in [1.807, 2.05) is 35.9 Å². The first kappa shape index (κ1) is 20.2. The lowest BCUT2D eigenvalue weighted by Gasteiger charge is -2.20. The quantitative estimate of drug-likeness (QED) is 0.660. The predicted molar refractivity (Wildman–Crippen MR) is 110 cm³/mol. The largest absolute Gasteiger partial charge is 0.351 e. The summed E-state index contributed by atoms with van der Waals surface area (Å²) in [6, 6.07) is 7.48. The molecule has 1 saturated carbocycles. The zero-order valence-electron chi connectivity index (χ0n) is 15.8. The van der Waals surface area contributed by atoms with Crippen LogP contribution in [0, 0.1) is 5.92 Å². The monoisotopic (exact) mass is 406 g/mol. The number of nitrogens with zero attached hydrogens (tertiary/aromatic N) is 3. The molecule has 0 radical (unpaired) electrons. The molecule has 1 N–H and O–H groups in total. The van der Waals surface area contributed by atoms with Gasteiger partial charge in [-0.1, -0.05) is 67.6 Å². The van der Waals surface area contributed by atoms with Gasteiger partial charge < -0.3 is 9.88 Å². The summed E-state index contributed by atoms with van der Waals surface area (Å²) < 4.78 is 2.03. The van der Waals surface area contributed by atoms with Crippen molar-refractivity contribution in [2.45, 2.75) is 56.6 Å². The lowest BCUT2D eigenvalue weighted by atomic mass is 9.86. The normalized spacial score (nSPS) is 15.0. The van der Waals surface area contributed by atoms with Crippen molar-refractivity contribution in [2.75, 3.05) is 5.75 Å². The Morgan fingerprint density at radius 2 is 1.96 bits per heavy atom. The second-order valence-corrected chi connectivity index (χ2v) is 8.57. The van der Waals surface area contributed by atoms with E-state index in [0.29, 0.717) is 17.3 Å². The third-order valence-corrected chi connectivity index (χ3v) is 6.43. The number of hydrogen-bond acceptors (Lipinski definition) is 4. The molecule has 146 valence electrons. The lowest BCUT2D eigenvalue weighted by Crippen LogP contribution is -2.24. The van der Waals surface area contributed by atoms with Crippen molar-refractivity contribution in [3.8, 4) is 0 Å². The van der Waals surface area contributed by atoms with E-state index in [2.05, 4.69) is 15.5 Å². The Balaban J connectivity index is 1.41. The minimum Gasteiger partial charge on any atom is -0.351 e. The van der Waals surface area contributed by atoms with Gasteiger partial charge in [-0.3, -0.25) is 4.79 Å². The molecule has 0 aliphatic heterocycles. The van der Waals surface area contributed by atoms with Gasteiger partial charge in [-0.25, -0.2) is 0 Å². The van der Waals surface area contributed by atoms with Crippen molar-refractivity contribution in [3.05, 3.63) is 40.7 Å². The van der Waals surface area contributed by atoms with Crippen LogP contribution in [-0.4, -0.2) is 26.4 Å². The number of halogens is 1. The fourth-order valence-electron chi connectivity index (χ4n) is 3.48. The molecule has 1 aromatic heterocycles. The van der Waals surface area contributed by atoms with Crippen molar-refractivity contribution in [1.82, 2.24) is 20.1 Å². The second-order valence-electron chi connectivity index (χ2n) is 7.19. The summed E-state index contributed by atoms with van der Waals surface area (Å²) in [7, 11) is 1.99. The van der Waals surface area contributed by atoms with Gasteiger partial charge in [0, 0.05) is 25.0 Å². The molecule has 2 aromatic rings. The zero-order valence-corrected chi connectivity index (χ0v) is 17.4. The molecule has 1 amide bonds. The molecule has 1 fully saturated rings. The molecule has 0 saturated heterocycles. The average Bonchev–Trinajstić information content (AvgIpc) is 3.05. The maximum Gasteiger partial charge on any atom is 0.230 e. The van der Waals surface area contributed by atoms with Gasteiger partial charge in [0.2, 0.25) is 5.91 Å². The van der Waals surface area contributed by atoms with E-state index in [9.17, 15) is 4.79 Å². The molecule has 1 aromatic carbocycles. The van der Waals surface area contributed by atoms with Gasteiger partial charge in [0.25, 0.3) is 0 Å². The van der Waals surface area contributed by atoms with Crippen molar-refractivity contribution < 1.29 is 4.79 Å². The summed E-state index contributed by atoms with van der Waals surface area (Å²) in [5, 5.41) is 13.0. The van der Waals surface area contributed by atoms with Gasteiger partial charge in [0.1, 0.15) is 5.82 Å². The molecule has 0 atom stereocenters. The van der Waals surface area contributed by atoms with Crippen LogP contribution < -0.4 is 5.32 Å². The molecular formula is C20H27ClN4OS. The molecule has 1 aliphatic rings. The highest BCUT2D eigenvalue weighted by Crippen LogP contribution is 2.27. The highest BCUT2D eigenvalue weighted by atomic mass is 35.5. The minimum absolute atomic E-state index is 0.0123. The Morgan fingerprint density at radius 3 is 2.70 bits per heavy atom. The molecular weight excluding hydrogens is 380 g/mol. The van der Waals surface area contributed by atoms with Gasteiger partial charge in [0.15, 0.2) is 5.16 Å². The van der Waals surface area contributed by atoms with Crippen molar-refractivity contribution in [1.29, 1.82) is 0 Å². The molecule has 7 heteroatoms. The Hall–Kier alpha value is -1.53. The number of carbonyl (C=O) groups excluding carboxylic acids is 1. The van der Waals surface area contributed by atoms with Crippen LogP contribution in [-0.2, 0) is 24.8 Å². The molecule has 1 heterocycles. The Bertz CT molecular complexity index is 741. The Kier molecular flexibility index (Phi) is 7.59. The zero-order chi connectivity index (χ0) is 19.1. The second kappa shape index (κ2) is 10.1. The van der Waals surface area contributed by atoms with E-state index >= 15 is 0 Å². The van der Waals surface area contributed by atoms with E-state index in [1.165, 1.54) is 50.3 Å². The number of aromatic nitrogens is 3. The van der Waals surface area contributed by atoms with Gasteiger partial charge in [-0.05, 0) is 30.0 Å². The lowest BCUT2D eigenvalue weighted by molar-refractivity contribution is -0.118. The van der Waals surface area contributed by atoms with Gasteiger partial charge in [0.05, 0.1) is 5.75 Å². The summed E-state index contributed by atoms with van der Waals surface area (Å²) in [4.78, 5) is 12.1. The number of thioether (sulfide) groups is 1. The van der Waals surface area contributed by atoms with Crippen LogP contribution in [0.15, 0.2) is 29.4 Å². The number of carbonyl (C=O) groups is 1. The molecule has 27 heavy (non-hydrogen) atoms. The summed E-state index contributed by atoms with van der Waals surface area (Å²) >= 11 is 7.30. The standard InChI is InChI=1S/C20H27ClN4OS/c1-25-18(12-9-15-5-3-2-4-6-15)23-24-20(25)27-14-19(26)22-13-16-7-10-17(21)11-8-16/h7-8,10-11,15H,2-6,9,12-14H2,1H3,(H,22,26). The third kappa shape index (κ3) is 6.25. The predicted octanol–water partition coefficient (Wildman–Crippen LogP) is 4.39. The van der Waals surface area contributed by atoms with Crippen molar-refractivity contribution in [2.24, 2.45) is 13.0 Å². The smallest absolute Gasteiger partial charge is 0.230 e. The average molecular weight is 407 g/mol. The molecule has 3 rings (SSSR count). The molecule has 5 nitrogen and oxygen atoms in total. The van der Waals surface area contributed by atoms with Crippen molar-refractivity contribution in [3.63, 3.8) is 0 Å². The van der Waals surface area contributed by atoms with Crippen LogP contribution in [0.5, 0.6) is 0 Å². The minimum atomic E-state index is -0.0123. The van der Waals surface area contributed by atoms with E-state index < -0.39 is 0 Å². The Labute approximate surface area is 170 Å². The first-order valence-corrected chi connectivity index (χ1v) is 11.0. The molecule has 0 bridgehead atoms. The number of nitrogens with one attached hydrogen (secondary N) is 1. The van der Waals surface area contributed by atoms with E-state index in [0.717, 1.165) is 28.9 Å². The van der Waals surface area contributed by atoms with Crippen LogP contribution >= 0.6 is 23.4 Å². The maximum atomic E-state index is 12.1. The fraction of sp³-hybridized carbons (Fsp3) is 0.550. The van der Waals surface area contributed by atoms with Gasteiger partial charge in [-0.2, -0.15) is 0 Å². The van der Waals surface area contributed by atoms with Crippen LogP contribution in [0.25, 0.3) is 0 Å². The highest BCUT2D eigenvalue weighted by Gasteiger charge is 2.16. The summed E-state index contributed by atoms with van der Waals surface area (Å²) in [5.41, 5.74) is 1.03. The number of hydrogen-bond donors (Lipinski definition) is 1.